The zero-order valence-electron chi connectivity index (χ0n) is 17.1. The molecule has 0 radical (unpaired) electrons. The molecule has 3 rings (SSSR count). The van der Waals surface area contributed by atoms with Crippen LogP contribution in [0, 0.1) is 5.82 Å². The molecule has 2 N–H and O–H groups in total. The van der Waals surface area contributed by atoms with E-state index >= 15 is 0 Å². The van der Waals surface area contributed by atoms with Crippen LogP contribution in [-0.2, 0) is 16.0 Å². The van der Waals surface area contributed by atoms with Gasteiger partial charge in [0.05, 0.1) is 24.3 Å². The Bertz CT molecular complexity index is 1040. The number of ether oxygens (including phenoxy) is 1. The van der Waals surface area contributed by atoms with Gasteiger partial charge in [-0.3, -0.25) is 9.59 Å². The van der Waals surface area contributed by atoms with E-state index in [1.54, 1.807) is 25.3 Å². The van der Waals surface area contributed by atoms with E-state index in [9.17, 15) is 14.0 Å². The quantitative estimate of drug-likeness (QED) is 0.507. The minimum atomic E-state index is -0.496. The van der Waals surface area contributed by atoms with Crippen LogP contribution >= 0.6 is 11.8 Å². The van der Waals surface area contributed by atoms with Crippen molar-refractivity contribution in [1.29, 1.82) is 0 Å². The number of carbonyl (C=O) groups is 2. The van der Waals surface area contributed by atoms with Crippen molar-refractivity contribution >= 4 is 35.0 Å². The van der Waals surface area contributed by atoms with Gasteiger partial charge < -0.3 is 15.4 Å². The van der Waals surface area contributed by atoms with Crippen molar-refractivity contribution in [1.82, 2.24) is 0 Å². The van der Waals surface area contributed by atoms with E-state index in [2.05, 4.69) is 10.6 Å². The van der Waals surface area contributed by atoms with Gasteiger partial charge in [0.15, 0.2) is 0 Å². The Morgan fingerprint density at radius 1 is 0.903 bits per heavy atom. The van der Waals surface area contributed by atoms with E-state index in [0.29, 0.717) is 12.1 Å². The molecule has 0 aliphatic heterocycles. The number of halogens is 1. The standard InChI is InChI=1S/C24H23FN2O3S/c1-30-22-12-11-19(14-18(22)13-17-7-3-2-4-8-17)26-23(28)15-31-16-24(29)27-21-10-6-5-9-20(21)25/h2-12,14H,13,15-16H2,1H3,(H,26,28)(H,27,29). The average Bonchev–Trinajstić information content (AvgIpc) is 2.76. The Morgan fingerprint density at radius 3 is 2.29 bits per heavy atom. The van der Waals surface area contributed by atoms with Crippen LogP contribution in [0.15, 0.2) is 72.8 Å². The fraction of sp³-hybridized carbons (Fsp3) is 0.167. The predicted octanol–water partition coefficient (Wildman–Crippen LogP) is 4.74. The van der Waals surface area contributed by atoms with Gasteiger partial charge in [0.25, 0.3) is 0 Å². The van der Waals surface area contributed by atoms with Gasteiger partial charge in [-0.05, 0) is 35.9 Å². The van der Waals surface area contributed by atoms with Crippen molar-refractivity contribution < 1.29 is 18.7 Å². The molecule has 0 aliphatic rings. The molecule has 2 amide bonds. The zero-order chi connectivity index (χ0) is 22.1. The SMILES string of the molecule is COc1ccc(NC(=O)CSCC(=O)Nc2ccccc2F)cc1Cc1ccccc1. The van der Waals surface area contributed by atoms with E-state index < -0.39 is 5.82 Å². The van der Waals surface area contributed by atoms with Gasteiger partial charge in [0.2, 0.25) is 11.8 Å². The van der Waals surface area contributed by atoms with Crippen LogP contribution in [0.1, 0.15) is 11.1 Å². The third-order valence-corrected chi connectivity index (χ3v) is 5.35. The number of benzene rings is 3. The third-order valence-electron chi connectivity index (χ3n) is 4.42. The van der Waals surface area contributed by atoms with Gasteiger partial charge in [0.1, 0.15) is 11.6 Å². The number of anilines is 2. The molecule has 3 aromatic rings. The van der Waals surface area contributed by atoms with Crippen molar-refractivity contribution in [3.8, 4) is 5.75 Å². The number of amides is 2. The molecule has 31 heavy (non-hydrogen) atoms. The molecule has 0 heterocycles. The Balaban J connectivity index is 1.51. The van der Waals surface area contributed by atoms with Gasteiger partial charge in [-0.15, -0.1) is 11.8 Å². The molecule has 0 bridgehead atoms. The van der Waals surface area contributed by atoms with E-state index in [-0.39, 0.29) is 29.0 Å². The van der Waals surface area contributed by atoms with Gasteiger partial charge in [0, 0.05) is 17.7 Å². The summed E-state index contributed by atoms with van der Waals surface area (Å²) in [6, 6.07) is 21.4. The van der Waals surface area contributed by atoms with Crippen molar-refractivity contribution in [3.63, 3.8) is 0 Å². The molecule has 0 unspecified atom stereocenters. The lowest BCUT2D eigenvalue weighted by molar-refractivity contribution is -0.114. The second-order valence-electron chi connectivity index (χ2n) is 6.76. The first-order chi connectivity index (χ1) is 15.0. The third kappa shape index (κ3) is 6.86. The van der Waals surface area contributed by atoms with Crippen LogP contribution in [-0.4, -0.2) is 30.4 Å². The predicted molar refractivity (Wildman–Crippen MR) is 123 cm³/mol. The lowest BCUT2D eigenvalue weighted by Crippen LogP contribution is -2.19. The molecule has 0 atom stereocenters. The molecule has 0 aliphatic carbocycles. The van der Waals surface area contributed by atoms with Crippen molar-refractivity contribution in [2.24, 2.45) is 0 Å². The maximum absolute atomic E-state index is 13.6. The first-order valence-corrected chi connectivity index (χ1v) is 10.8. The van der Waals surface area contributed by atoms with E-state index in [4.69, 9.17) is 4.74 Å². The van der Waals surface area contributed by atoms with E-state index in [1.165, 1.54) is 12.1 Å². The highest BCUT2D eigenvalue weighted by Gasteiger charge is 2.10. The summed E-state index contributed by atoms with van der Waals surface area (Å²) in [5.74, 6) is -0.184. The van der Waals surface area contributed by atoms with Gasteiger partial charge in [-0.25, -0.2) is 4.39 Å². The maximum Gasteiger partial charge on any atom is 0.234 e. The lowest BCUT2D eigenvalue weighted by Gasteiger charge is -2.12. The number of methoxy groups -OCH3 is 1. The number of hydrogen-bond acceptors (Lipinski definition) is 4. The number of para-hydroxylation sites is 1. The highest BCUT2D eigenvalue weighted by Crippen LogP contribution is 2.25. The largest absolute Gasteiger partial charge is 0.496 e. The smallest absolute Gasteiger partial charge is 0.234 e. The summed E-state index contributed by atoms with van der Waals surface area (Å²) < 4.78 is 19.0. The van der Waals surface area contributed by atoms with Crippen molar-refractivity contribution in [2.75, 3.05) is 29.2 Å². The van der Waals surface area contributed by atoms with Crippen LogP contribution in [0.5, 0.6) is 5.75 Å². The Morgan fingerprint density at radius 2 is 1.58 bits per heavy atom. The average molecular weight is 439 g/mol. The van der Waals surface area contributed by atoms with Gasteiger partial charge >= 0.3 is 0 Å². The normalized spacial score (nSPS) is 10.4. The summed E-state index contributed by atoms with van der Waals surface area (Å²) in [5, 5.41) is 5.34. The fourth-order valence-electron chi connectivity index (χ4n) is 2.99. The second kappa shape index (κ2) is 11.2. The first-order valence-electron chi connectivity index (χ1n) is 9.68. The Labute approximate surface area is 185 Å². The number of carbonyl (C=O) groups excluding carboxylic acids is 2. The van der Waals surface area contributed by atoms with Crippen molar-refractivity contribution in [3.05, 3.63) is 89.7 Å². The molecule has 7 heteroatoms. The molecule has 5 nitrogen and oxygen atoms in total. The zero-order valence-corrected chi connectivity index (χ0v) is 17.9. The van der Waals surface area contributed by atoms with Crippen LogP contribution in [0.2, 0.25) is 0 Å². The van der Waals surface area contributed by atoms with Crippen molar-refractivity contribution in [2.45, 2.75) is 6.42 Å². The topological polar surface area (TPSA) is 67.4 Å². The number of nitrogens with one attached hydrogen (secondary N) is 2. The fourth-order valence-corrected chi connectivity index (χ4v) is 3.61. The molecule has 160 valence electrons. The Kier molecular flexibility index (Phi) is 8.06. The molecule has 3 aromatic carbocycles. The number of rotatable bonds is 9. The minimum absolute atomic E-state index is 0.0453. The summed E-state index contributed by atoms with van der Waals surface area (Å²) in [7, 11) is 1.62. The highest BCUT2D eigenvalue weighted by atomic mass is 32.2. The summed E-state index contributed by atoms with van der Waals surface area (Å²) in [6.45, 7) is 0. The molecule has 0 saturated carbocycles. The van der Waals surface area contributed by atoms with Crippen LogP contribution < -0.4 is 15.4 Å². The number of thioether (sulfide) groups is 1. The Hall–Kier alpha value is -3.32. The molecule has 0 spiro atoms. The first kappa shape index (κ1) is 22.4. The van der Waals surface area contributed by atoms with Crippen LogP contribution in [0.3, 0.4) is 0 Å². The molecule has 0 saturated heterocycles. The van der Waals surface area contributed by atoms with Crippen LogP contribution in [0.25, 0.3) is 0 Å². The number of hydrogen-bond donors (Lipinski definition) is 2. The summed E-state index contributed by atoms with van der Waals surface area (Å²) >= 11 is 1.16. The van der Waals surface area contributed by atoms with E-state index in [0.717, 1.165) is 28.6 Å². The van der Waals surface area contributed by atoms with Gasteiger partial charge in [-0.2, -0.15) is 0 Å². The lowest BCUT2D eigenvalue weighted by atomic mass is 10.0. The molecule has 0 fully saturated rings. The van der Waals surface area contributed by atoms with Crippen LogP contribution in [0.4, 0.5) is 15.8 Å². The highest BCUT2D eigenvalue weighted by molar-refractivity contribution is 8.00. The molecular formula is C24H23FN2O3S. The minimum Gasteiger partial charge on any atom is -0.496 e. The summed E-state index contributed by atoms with van der Waals surface area (Å²) in [5.41, 5.74) is 2.89. The summed E-state index contributed by atoms with van der Waals surface area (Å²) in [6.07, 6.45) is 0.679. The van der Waals surface area contributed by atoms with Gasteiger partial charge in [-0.1, -0.05) is 42.5 Å². The summed E-state index contributed by atoms with van der Waals surface area (Å²) in [4.78, 5) is 24.2. The van der Waals surface area contributed by atoms with E-state index in [1.807, 2.05) is 42.5 Å². The second-order valence-corrected chi connectivity index (χ2v) is 7.74. The molecular weight excluding hydrogens is 415 g/mol. The molecule has 0 aromatic heterocycles. The monoisotopic (exact) mass is 438 g/mol. The maximum atomic E-state index is 13.6.